The van der Waals surface area contributed by atoms with E-state index >= 15 is 0 Å². The minimum absolute atomic E-state index is 0.0667. The number of primary amides is 1. The number of carboxylic acids is 1. The van der Waals surface area contributed by atoms with Crippen LogP contribution in [0.4, 0.5) is 4.39 Å². The number of hydrogen-bond acceptors (Lipinski definition) is 4. The van der Waals surface area contributed by atoms with E-state index in [0.717, 1.165) is 11.3 Å². The molecule has 1 aromatic carbocycles. The molecule has 5 nitrogen and oxygen atoms in total. The molecule has 0 unspecified atom stereocenters. The number of nitrogens with two attached hydrogens (primary N) is 1. The Balaban J connectivity index is 2.45. The molecule has 0 saturated heterocycles. The van der Waals surface area contributed by atoms with E-state index in [-0.39, 0.29) is 23.4 Å². The first-order valence-electron chi connectivity index (χ1n) is 5.43. The number of aromatic carboxylic acids is 1. The van der Waals surface area contributed by atoms with E-state index in [1.807, 2.05) is 0 Å². The molecule has 0 radical (unpaired) electrons. The van der Waals surface area contributed by atoms with E-state index in [2.05, 4.69) is 5.32 Å². The van der Waals surface area contributed by atoms with E-state index in [0.29, 0.717) is 10.3 Å². The Morgan fingerprint density at radius 1 is 1.42 bits per heavy atom. The van der Waals surface area contributed by atoms with Crippen LogP contribution in [-0.4, -0.2) is 23.5 Å². The number of carboxylic acid groups (broad SMARTS) is 1. The van der Waals surface area contributed by atoms with Crippen LogP contribution in [0, 0.1) is 5.82 Å². The smallest absolute Gasteiger partial charge is 0.346 e. The van der Waals surface area contributed by atoms with Crippen molar-refractivity contribution in [3.63, 3.8) is 0 Å². The number of carbonyl (C=O) groups is 2. The highest BCUT2D eigenvalue weighted by atomic mass is 32.1. The van der Waals surface area contributed by atoms with Crippen LogP contribution in [-0.2, 0) is 11.3 Å². The van der Waals surface area contributed by atoms with Gasteiger partial charge in [0.25, 0.3) is 0 Å². The van der Waals surface area contributed by atoms with Crippen molar-refractivity contribution in [1.82, 2.24) is 5.32 Å². The Labute approximate surface area is 111 Å². The van der Waals surface area contributed by atoms with Gasteiger partial charge < -0.3 is 16.2 Å². The number of halogens is 1. The third-order valence-corrected chi connectivity index (χ3v) is 3.74. The Bertz CT molecular complexity index is 654. The van der Waals surface area contributed by atoms with Crippen molar-refractivity contribution in [3.05, 3.63) is 34.5 Å². The summed E-state index contributed by atoms with van der Waals surface area (Å²) in [6.45, 7) is -0.0175. The Kier molecular flexibility index (Phi) is 3.77. The molecule has 2 rings (SSSR count). The first-order valence-corrected chi connectivity index (χ1v) is 6.24. The van der Waals surface area contributed by atoms with Gasteiger partial charge in [-0.1, -0.05) is 6.07 Å². The molecule has 0 spiro atoms. The van der Waals surface area contributed by atoms with Gasteiger partial charge in [-0.05, 0) is 12.1 Å². The summed E-state index contributed by atoms with van der Waals surface area (Å²) in [4.78, 5) is 21.9. The van der Waals surface area contributed by atoms with Crippen molar-refractivity contribution in [3.8, 4) is 0 Å². The maximum Gasteiger partial charge on any atom is 0.346 e. The van der Waals surface area contributed by atoms with Crippen LogP contribution in [0.1, 0.15) is 15.2 Å². The second kappa shape index (κ2) is 5.33. The average Bonchev–Trinajstić information content (AvgIpc) is 2.69. The molecular formula is C12H11FN2O3S. The fourth-order valence-corrected chi connectivity index (χ4v) is 2.89. The SMILES string of the molecule is NC(=O)CNCc1c(C(=O)O)sc2cccc(F)c12. The van der Waals surface area contributed by atoms with Crippen molar-refractivity contribution in [2.75, 3.05) is 6.54 Å². The van der Waals surface area contributed by atoms with Gasteiger partial charge in [0.05, 0.1) is 6.54 Å². The number of fused-ring (bicyclic) bond motifs is 1. The van der Waals surface area contributed by atoms with Crippen molar-refractivity contribution in [2.45, 2.75) is 6.54 Å². The van der Waals surface area contributed by atoms with Crippen molar-refractivity contribution >= 4 is 33.3 Å². The lowest BCUT2D eigenvalue weighted by molar-refractivity contribution is -0.117. The zero-order valence-electron chi connectivity index (χ0n) is 9.77. The summed E-state index contributed by atoms with van der Waals surface area (Å²) in [6.07, 6.45) is 0. The molecule has 0 bridgehead atoms. The fraction of sp³-hybridized carbons (Fsp3) is 0.167. The average molecular weight is 282 g/mol. The van der Waals surface area contributed by atoms with Crippen molar-refractivity contribution in [1.29, 1.82) is 0 Å². The largest absolute Gasteiger partial charge is 0.477 e. The van der Waals surface area contributed by atoms with Crippen LogP contribution in [0.2, 0.25) is 0 Å². The first-order chi connectivity index (χ1) is 9.00. The first kappa shape index (κ1) is 13.4. The molecule has 0 aliphatic rings. The van der Waals surface area contributed by atoms with Crippen LogP contribution in [0.15, 0.2) is 18.2 Å². The van der Waals surface area contributed by atoms with Gasteiger partial charge in [0.15, 0.2) is 0 Å². The molecule has 0 aliphatic carbocycles. The Morgan fingerprint density at radius 3 is 2.79 bits per heavy atom. The lowest BCUT2D eigenvalue weighted by Gasteiger charge is -2.03. The quantitative estimate of drug-likeness (QED) is 0.771. The van der Waals surface area contributed by atoms with Gasteiger partial charge in [-0.25, -0.2) is 9.18 Å². The second-order valence-electron chi connectivity index (χ2n) is 3.90. The summed E-state index contributed by atoms with van der Waals surface area (Å²) in [5, 5.41) is 12.1. The molecule has 1 amide bonds. The molecule has 7 heteroatoms. The van der Waals surface area contributed by atoms with Crippen LogP contribution in [0.3, 0.4) is 0 Å². The van der Waals surface area contributed by atoms with E-state index in [1.165, 1.54) is 12.1 Å². The molecule has 1 aromatic heterocycles. The predicted molar refractivity (Wildman–Crippen MR) is 69.6 cm³/mol. The maximum atomic E-state index is 13.8. The number of nitrogens with one attached hydrogen (secondary N) is 1. The molecule has 0 atom stereocenters. The topological polar surface area (TPSA) is 92.4 Å². The van der Waals surface area contributed by atoms with Gasteiger partial charge in [-0.15, -0.1) is 11.3 Å². The minimum atomic E-state index is -1.11. The Hall–Kier alpha value is -1.99. The standard InChI is InChI=1S/C12H11FN2O3S/c13-7-2-1-3-8-10(7)6(4-15-5-9(14)16)11(19-8)12(17)18/h1-3,15H,4-5H2,(H2,14,16)(H,17,18). The van der Waals surface area contributed by atoms with Gasteiger partial charge in [0, 0.05) is 22.2 Å². The highest BCUT2D eigenvalue weighted by Crippen LogP contribution is 2.33. The maximum absolute atomic E-state index is 13.8. The molecule has 2 aromatic rings. The van der Waals surface area contributed by atoms with Crippen molar-refractivity contribution in [2.24, 2.45) is 5.73 Å². The van der Waals surface area contributed by atoms with Gasteiger partial charge in [0.1, 0.15) is 10.7 Å². The summed E-state index contributed by atoms with van der Waals surface area (Å²) in [7, 11) is 0. The minimum Gasteiger partial charge on any atom is -0.477 e. The molecule has 0 fully saturated rings. The van der Waals surface area contributed by atoms with Crippen LogP contribution in [0.25, 0.3) is 10.1 Å². The molecule has 19 heavy (non-hydrogen) atoms. The van der Waals surface area contributed by atoms with E-state index in [9.17, 15) is 14.0 Å². The van der Waals surface area contributed by atoms with Gasteiger partial charge in [-0.3, -0.25) is 4.79 Å². The monoisotopic (exact) mass is 282 g/mol. The number of benzene rings is 1. The zero-order valence-corrected chi connectivity index (χ0v) is 10.6. The third kappa shape index (κ3) is 2.72. The molecular weight excluding hydrogens is 271 g/mol. The molecule has 100 valence electrons. The fourth-order valence-electron chi connectivity index (χ4n) is 1.82. The molecule has 1 heterocycles. The number of hydrogen-bond donors (Lipinski definition) is 3. The molecule has 4 N–H and O–H groups in total. The number of amides is 1. The van der Waals surface area contributed by atoms with Gasteiger partial charge in [0.2, 0.25) is 5.91 Å². The van der Waals surface area contributed by atoms with E-state index in [4.69, 9.17) is 10.8 Å². The van der Waals surface area contributed by atoms with E-state index in [1.54, 1.807) is 6.07 Å². The zero-order chi connectivity index (χ0) is 14.0. The Morgan fingerprint density at radius 2 is 2.16 bits per heavy atom. The predicted octanol–water partition coefficient (Wildman–Crippen LogP) is 1.31. The summed E-state index contributed by atoms with van der Waals surface area (Å²) in [5.41, 5.74) is 5.32. The highest BCUT2D eigenvalue weighted by Gasteiger charge is 2.19. The lowest BCUT2D eigenvalue weighted by Crippen LogP contribution is -2.28. The highest BCUT2D eigenvalue weighted by molar-refractivity contribution is 7.21. The number of carbonyl (C=O) groups excluding carboxylic acids is 1. The van der Waals surface area contributed by atoms with Gasteiger partial charge in [-0.2, -0.15) is 0 Å². The van der Waals surface area contributed by atoms with Gasteiger partial charge >= 0.3 is 5.97 Å². The number of thiophene rings is 1. The summed E-state index contributed by atoms with van der Waals surface area (Å²) in [5.74, 6) is -2.15. The lowest BCUT2D eigenvalue weighted by atomic mass is 10.1. The summed E-state index contributed by atoms with van der Waals surface area (Å²) >= 11 is 1.01. The molecule has 0 saturated carbocycles. The van der Waals surface area contributed by atoms with Crippen LogP contribution in [0.5, 0.6) is 0 Å². The number of rotatable bonds is 5. The summed E-state index contributed by atoms with van der Waals surface area (Å²) < 4.78 is 14.4. The molecule has 0 aliphatic heterocycles. The van der Waals surface area contributed by atoms with Crippen molar-refractivity contribution < 1.29 is 19.1 Å². The summed E-state index contributed by atoms with van der Waals surface area (Å²) in [6, 6.07) is 4.46. The van der Waals surface area contributed by atoms with E-state index < -0.39 is 17.7 Å². The second-order valence-corrected chi connectivity index (χ2v) is 4.95. The van der Waals surface area contributed by atoms with Crippen LogP contribution < -0.4 is 11.1 Å². The third-order valence-electron chi connectivity index (χ3n) is 2.56. The normalized spacial score (nSPS) is 10.8. The van der Waals surface area contributed by atoms with Crippen LogP contribution >= 0.6 is 11.3 Å².